The fraction of sp³-hybridized carbons (Fsp3) is 0.222. The van der Waals surface area contributed by atoms with E-state index in [0.717, 1.165) is 0 Å². The lowest BCUT2D eigenvalue weighted by molar-refractivity contribution is -0.144. The maximum absolute atomic E-state index is 13.0. The second-order valence-electron chi connectivity index (χ2n) is 2.88. The zero-order chi connectivity index (χ0) is 9.42. The van der Waals surface area contributed by atoms with Crippen LogP contribution in [0.3, 0.4) is 0 Å². The van der Waals surface area contributed by atoms with Crippen molar-refractivity contribution in [3.8, 4) is 5.75 Å². The lowest BCUT2D eigenvalue weighted by Gasteiger charge is -2.03. The van der Waals surface area contributed by atoms with Crippen LogP contribution in [-0.2, 0) is 11.2 Å². The predicted octanol–water partition coefficient (Wildman–Crippen LogP) is 1.21. The number of hydrogen-bond acceptors (Lipinski definition) is 2. The summed E-state index contributed by atoms with van der Waals surface area (Å²) in [6.45, 7) is 0. The summed E-state index contributed by atoms with van der Waals surface area (Å²) in [5, 5.41) is 8.63. The summed E-state index contributed by atoms with van der Waals surface area (Å²) in [7, 11) is 0. The van der Waals surface area contributed by atoms with Gasteiger partial charge in [0.15, 0.2) is 17.7 Å². The first-order valence-electron chi connectivity index (χ1n) is 3.85. The largest absolute Gasteiger partial charge is 0.478 e. The SMILES string of the molecule is O=C(O)[C@H]1Cc2cccc(F)c2O1. The van der Waals surface area contributed by atoms with Gasteiger partial charge in [-0.15, -0.1) is 0 Å². The van der Waals surface area contributed by atoms with E-state index in [1.807, 2.05) is 0 Å². The van der Waals surface area contributed by atoms with E-state index in [-0.39, 0.29) is 12.2 Å². The van der Waals surface area contributed by atoms with E-state index in [0.29, 0.717) is 5.56 Å². The number of carbonyl (C=O) groups is 1. The summed E-state index contributed by atoms with van der Waals surface area (Å²) in [5.41, 5.74) is 0.618. The molecule has 13 heavy (non-hydrogen) atoms. The van der Waals surface area contributed by atoms with Gasteiger partial charge in [0.25, 0.3) is 0 Å². The van der Waals surface area contributed by atoms with E-state index in [1.165, 1.54) is 6.07 Å². The number of ether oxygens (including phenoxy) is 1. The van der Waals surface area contributed by atoms with Crippen LogP contribution >= 0.6 is 0 Å². The molecule has 3 nitrogen and oxygen atoms in total. The van der Waals surface area contributed by atoms with Gasteiger partial charge in [-0.05, 0) is 6.07 Å². The fourth-order valence-corrected chi connectivity index (χ4v) is 1.37. The van der Waals surface area contributed by atoms with Crippen molar-refractivity contribution in [1.82, 2.24) is 0 Å². The van der Waals surface area contributed by atoms with Crippen LogP contribution in [0.25, 0.3) is 0 Å². The molecule has 0 unspecified atom stereocenters. The van der Waals surface area contributed by atoms with Crippen molar-refractivity contribution in [1.29, 1.82) is 0 Å². The van der Waals surface area contributed by atoms with Crippen LogP contribution in [0.4, 0.5) is 4.39 Å². The highest BCUT2D eigenvalue weighted by atomic mass is 19.1. The number of para-hydroxylation sites is 1. The van der Waals surface area contributed by atoms with Crippen molar-refractivity contribution in [2.45, 2.75) is 12.5 Å². The Labute approximate surface area is 73.8 Å². The zero-order valence-electron chi connectivity index (χ0n) is 6.66. The van der Waals surface area contributed by atoms with E-state index in [1.54, 1.807) is 12.1 Å². The fourth-order valence-electron chi connectivity index (χ4n) is 1.37. The number of benzene rings is 1. The first kappa shape index (κ1) is 8.04. The minimum atomic E-state index is -1.06. The number of aliphatic carboxylic acids is 1. The van der Waals surface area contributed by atoms with Gasteiger partial charge in [0.05, 0.1) is 0 Å². The molecule has 1 N–H and O–H groups in total. The lowest BCUT2D eigenvalue weighted by atomic mass is 10.1. The number of carboxylic acid groups (broad SMARTS) is 1. The number of rotatable bonds is 1. The molecule has 1 aromatic carbocycles. The first-order chi connectivity index (χ1) is 6.18. The van der Waals surface area contributed by atoms with Crippen LogP contribution in [0, 0.1) is 5.82 Å². The highest BCUT2D eigenvalue weighted by Gasteiger charge is 2.30. The molecule has 0 bridgehead atoms. The van der Waals surface area contributed by atoms with Gasteiger partial charge in [-0.25, -0.2) is 9.18 Å². The Balaban J connectivity index is 2.35. The predicted molar refractivity (Wildman–Crippen MR) is 42.2 cm³/mol. The lowest BCUT2D eigenvalue weighted by Crippen LogP contribution is -2.24. The van der Waals surface area contributed by atoms with Crippen molar-refractivity contribution in [3.63, 3.8) is 0 Å². The molecule has 1 heterocycles. The number of carboxylic acids is 1. The van der Waals surface area contributed by atoms with E-state index < -0.39 is 17.9 Å². The molecule has 0 aromatic heterocycles. The second kappa shape index (κ2) is 2.73. The molecule has 68 valence electrons. The Morgan fingerprint density at radius 2 is 2.38 bits per heavy atom. The van der Waals surface area contributed by atoms with Crippen LogP contribution in [0.5, 0.6) is 5.75 Å². The maximum atomic E-state index is 13.0. The summed E-state index contributed by atoms with van der Waals surface area (Å²) in [5.74, 6) is -1.48. The molecule has 2 rings (SSSR count). The minimum Gasteiger partial charge on any atom is -0.478 e. The Bertz CT molecular complexity index is 362. The summed E-state index contributed by atoms with van der Waals surface area (Å²) in [6, 6.07) is 4.46. The summed E-state index contributed by atoms with van der Waals surface area (Å²) < 4.78 is 17.9. The monoisotopic (exact) mass is 182 g/mol. The number of hydrogen-bond donors (Lipinski definition) is 1. The molecular formula is C9H7FO3. The average molecular weight is 182 g/mol. The van der Waals surface area contributed by atoms with E-state index in [4.69, 9.17) is 9.84 Å². The van der Waals surface area contributed by atoms with Gasteiger partial charge in [-0.2, -0.15) is 0 Å². The van der Waals surface area contributed by atoms with Crippen LogP contribution in [0.2, 0.25) is 0 Å². The Morgan fingerprint density at radius 1 is 1.62 bits per heavy atom. The molecule has 1 aliphatic heterocycles. The molecule has 1 aromatic rings. The van der Waals surface area contributed by atoms with E-state index in [9.17, 15) is 9.18 Å². The molecule has 0 aliphatic carbocycles. The van der Waals surface area contributed by atoms with E-state index in [2.05, 4.69) is 0 Å². The van der Waals surface area contributed by atoms with Crippen LogP contribution in [-0.4, -0.2) is 17.2 Å². The van der Waals surface area contributed by atoms with Crippen molar-refractivity contribution >= 4 is 5.97 Å². The van der Waals surface area contributed by atoms with Gasteiger partial charge < -0.3 is 9.84 Å². The van der Waals surface area contributed by atoms with Crippen molar-refractivity contribution < 1.29 is 19.0 Å². The Kier molecular flexibility index (Phi) is 1.69. The average Bonchev–Trinajstić information content (AvgIpc) is 2.49. The number of halogens is 1. The number of fused-ring (bicyclic) bond motifs is 1. The molecule has 0 spiro atoms. The third-order valence-electron chi connectivity index (χ3n) is 1.99. The van der Waals surface area contributed by atoms with Gasteiger partial charge in [0.2, 0.25) is 0 Å². The minimum absolute atomic E-state index is 0.0786. The zero-order valence-corrected chi connectivity index (χ0v) is 6.66. The van der Waals surface area contributed by atoms with Crippen LogP contribution in [0.1, 0.15) is 5.56 Å². The second-order valence-corrected chi connectivity index (χ2v) is 2.88. The first-order valence-corrected chi connectivity index (χ1v) is 3.85. The van der Waals surface area contributed by atoms with Crippen molar-refractivity contribution in [2.75, 3.05) is 0 Å². The topological polar surface area (TPSA) is 46.5 Å². The van der Waals surface area contributed by atoms with Gasteiger partial charge in [0.1, 0.15) is 0 Å². The van der Waals surface area contributed by atoms with Crippen LogP contribution in [0.15, 0.2) is 18.2 Å². The maximum Gasteiger partial charge on any atom is 0.345 e. The summed E-state index contributed by atoms with van der Waals surface area (Å²) in [6.07, 6.45) is -0.700. The third kappa shape index (κ3) is 1.24. The van der Waals surface area contributed by atoms with Crippen LogP contribution < -0.4 is 4.74 Å². The van der Waals surface area contributed by atoms with Crippen molar-refractivity contribution in [3.05, 3.63) is 29.6 Å². The molecule has 0 radical (unpaired) electrons. The smallest absolute Gasteiger partial charge is 0.345 e. The third-order valence-corrected chi connectivity index (χ3v) is 1.99. The summed E-state index contributed by atoms with van der Waals surface area (Å²) in [4.78, 5) is 10.5. The molecule has 0 saturated heterocycles. The Hall–Kier alpha value is -1.58. The van der Waals surface area contributed by atoms with Gasteiger partial charge in [0, 0.05) is 12.0 Å². The van der Waals surface area contributed by atoms with Gasteiger partial charge in [-0.1, -0.05) is 12.1 Å². The molecule has 0 saturated carbocycles. The Morgan fingerprint density at radius 3 is 3.00 bits per heavy atom. The van der Waals surface area contributed by atoms with Gasteiger partial charge >= 0.3 is 5.97 Å². The van der Waals surface area contributed by atoms with Gasteiger partial charge in [-0.3, -0.25) is 0 Å². The van der Waals surface area contributed by atoms with E-state index >= 15 is 0 Å². The summed E-state index contributed by atoms with van der Waals surface area (Å²) >= 11 is 0. The highest BCUT2D eigenvalue weighted by molar-refractivity contribution is 5.74. The quantitative estimate of drug-likeness (QED) is 0.710. The molecule has 0 amide bonds. The standard InChI is InChI=1S/C9H7FO3/c10-6-3-1-2-5-4-7(9(11)12)13-8(5)6/h1-3,7H,4H2,(H,11,12)/t7-/m1/s1. The molecule has 1 atom stereocenters. The van der Waals surface area contributed by atoms with Crippen molar-refractivity contribution in [2.24, 2.45) is 0 Å². The normalized spacial score (nSPS) is 19.3. The highest BCUT2D eigenvalue weighted by Crippen LogP contribution is 2.31. The molecular weight excluding hydrogens is 175 g/mol. The molecule has 1 aliphatic rings. The molecule has 0 fully saturated rings. The molecule has 4 heteroatoms.